The zero-order chi connectivity index (χ0) is 15.7. The van der Waals surface area contributed by atoms with E-state index in [1.54, 1.807) is 11.8 Å². The van der Waals surface area contributed by atoms with Crippen molar-refractivity contribution in [3.63, 3.8) is 0 Å². The molecule has 1 amide bonds. The molecule has 0 aliphatic carbocycles. The Kier molecular flexibility index (Phi) is 3.94. The van der Waals surface area contributed by atoms with E-state index in [1.807, 2.05) is 30.5 Å². The number of aromatic nitrogens is 3. The van der Waals surface area contributed by atoms with Gasteiger partial charge in [-0.2, -0.15) is 0 Å². The van der Waals surface area contributed by atoms with Crippen LogP contribution in [0, 0.1) is 0 Å². The molecule has 0 fully saturated rings. The Morgan fingerprint density at radius 1 is 1.27 bits per heavy atom. The van der Waals surface area contributed by atoms with Crippen molar-refractivity contribution in [3.05, 3.63) is 29.6 Å². The van der Waals surface area contributed by atoms with Gasteiger partial charge in [0.1, 0.15) is 5.69 Å². The van der Waals surface area contributed by atoms with Crippen LogP contribution in [-0.4, -0.2) is 27.0 Å². The predicted molar refractivity (Wildman–Crippen MR) is 90.2 cm³/mol. The highest BCUT2D eigenvalue weighted by Crippen LogP contribution is 2.29. The number of hydrogen-bond donors (Lipinski definition) is 0. The van der Waals surface area contributed by atoms with E-state index < -0.39 is 0 Å². The van der Waals surface area contributed by atoms with E-state index in [-0.39, 0.29) is 5.91 Å². The number of hydrogen-bond acceptors (Lipinski definition) is 4. The number of carbonyl (C=O) groups is 1. The maximum Gasteiger partial charge on any atom is 0.225 e. The topological polar surface area (TPSA) is 51.0 Å². The van der Waals surface area contributed by atoms with Crippen molar-refractivity contribution in [2.75, 3.05) is 11.4 Å². The number of anilines is 1. The van der Waals surface area contributed by atoms with E-state index in [0.717, 1.165) is 34.2 Å². The van der Waals surface area contributed by atoms with E-state index in [4.69, 9.17) is 4.98 Å². The minimum atomic E-state index is 0.00685. The summed E-state index contributed by atoms with van der Waals surface area (Å²) in [4.78, 5) is 22.6. The van der Waals surface area contributed by atoms with Gasteiger partial charge in [0.15, 0.2) is 11.0 Å². The van der Waals surface area contributed by atoms with Crippen molar-refractivity contribution in [1.29, 1.82) is 0 Å². The molecule has 0 spiro atoms. The number of aryl methyl sites for hydroxylation is 1. The molecule has 0 aliphatic heterocycles. The lowest BCUT2D eigenvalue weighted by Crippen LogP contribution is -2.27. The average molecular weight is 314 g/mol. The second-order valence-electron chi connectivity index (χ2n) is 4.95. The predicted octanol–water partition coefficient (Wildman–Crippen LogP) is 3.55. The molecule has 3 aromatic rings. The molecule has 0 saturated heterocycles. The van der Waals surface area contributed by atoms with Gasteiger partial charge in [0.25, 0.3) is 0 Å². The average Bonchev–Trinajstić information content (AvgIpc) is 3.11. The summed E-state index contributed by atoms with van der Waals surface area (Å²) in [6, 6.07) is 8.07. The lowest BCUT2D eigenvalue weighted by molar-refractivity contribution is -0.116. The molecule has 1 aromatic carbocycles. The SMILES string of the molecule is CCN(C(C)=O)c1nc(-c2nc3ccccc3n2CC)cs1. The summed E-state index contributed by atoms with van der Waals surface area (Å²) in [5.41, 5.74) is 2.89. The number of imidazole rings is 1. The van der Waals surface area contributed by atoms with Crippen LogP contribution in [0.25, 0.3) is 22.6 Å². The number of nitrogens with zero attached hydrogens (tertiary/aromatic N) is 4. The zero-order valence-electron chi connectivity index (χ0n) is 12.9. The van der Waals surface area contributed by atoms with Crippen molar-refractivity contribution < 1.29 is 4.79 Å². The Balaban J connectivity index is 2.08. The summed E-state index contributed by atoms with van der Waals surface area (Å²) in [7, 11) is 0. The third-order valence-corrected chi connectivity index (χ3v) is 4.48. The standard InChI is InChI=1S/C16H18N4OS/c1-4-19(11(3)21)16-18-13(10-22-16)15-17-12-8-6-7-9-14(12)20(15)5-2/h6-10H,4-5H2,1-3H3. The lowest BCUT2D eigenvalue weighted by atomic mass is 10.3. The minimum absolute atomic E-state index is 0.00685. The Hall–Kier alpha value is -2.21. The van der Waals surface area contributed by atoms with Gasteiger partial charge in [0.05, 0.1) is 11.0 Å². The monoisotopic (exact) mass is 314 g/mol. The first-order valence-electron chi connectivity index (χ1n) is 7.35. The molecule has 6 heteroatoms. The molecule has 22 heavy (non-hydrogen) atoms. The van der Waals surface area contributed by atoms with Crippen molar-refractivity contribution >= 4 is 33.4 Å². The van der Waals surface area contributed by atoms with Gasteiger partial charge in [-0.25, -0.2) is 9.97 Å². The van der Waals surface area contributed by atoms with E-state index in [9.17, 15) is 4.79 Å². The summed E-state index contributed by atoms with van der Waals surface area (Å²) < 4.78 is 2.15. The molecule has 0 unspecified atom stereocenters. The van der Waals surface area contributed by atoms with Crippen LogP contribution in [0.4, 0.5) is 5.13 Å². The van der Waals surface area contributed by atoms with Gasteiger partial charge in [-0.3, -0.25) is 9.69 Å². The summed E-state index contributed by atoms with van der Waals surface area (Å²) in [6.45, 7) is 7.05. The van der Waals surface area contributed by atoms with Gasteiger partial charge in [0.2, 0.25) is 5.91 Å². The molecule has 0 bridgehead atoms. The van der Waals surface area contributed by atoms with Crippen LogP contribution in [-0.2, 0) is 11.3 Å². The number of para-hydroxylation sites is 2. The Bertz CT molecular complexity index is 821. The Morgan fingerprint density at radius 2 is 2.05 bits per heavy atom. The van der Waals surface area contributed by atoms with Crippen LogP contribution < -0.4 is 4.90 Å². The van der Waals surface area contributed by atoms with E-state index in [1.165, 1.54) is 11.3 Å². The van der Waals surface area contributed by atoms with Crippen molar-refractivity contribution in [1.82, 2.24) is 14.5 Å². The largest absolute Gasteiger partial charge is 0.323 e. The first-order chi connectivity index (χ1) is 10.7. The molecule has 0 N–H and O–H groups in total. The van der Waals surface area contributed by atoms with Crippen molar-refractivity contribution in [3.8, 4) is 11.5 Å². The summed E-state index contributed by atoms with van der Waals surface area (Å²) in [5, 5.41) is 2.69. The molecular weight excluding hydrogens is 296 g/mol. The maximum atomic E-state index is 11.7. The normalized spacial score (nSPS) is 11.0. The zero-order valence-corrected chi connectivity index (χ0v) is 13.7. The minimum Gasteiger partial charge on any atom is -0.323 e. The van der Waals surface area contributed by atoms with Crippen molar-refractivity contribution in [2.45, 2.75) is 27.3 Å². The fourth-order valence-corrected chi connectivity index (χ4v) is 3.49. The summed E-state index contributed by atoms with van der Waals surface area (Å²) in [6.07, 6.45) is 0. The van der Waals surface area contributed by atoms with E-state index >= 15 is 0 Å². The number of carbonyl (C=O) groups excluding carboxylic acids is 1. The third-order valence-electron chi connectivity index (χ3n) is 3.62. The van der Waals surface area contributed by atoms with Gasteiger partial charge in [0, 0.05) is 25.4 Å². The highest BCUT2D eigenvalue weighted by atomic mass is 32.1. The first-order valence-corrected chi connectivity index (χ1v) is 8.23. The molecule has 0 atom stereocenters. The first kappa shape index (κ1) is 14.7. The maximum absolute atomic E-state index is 11.7. The van der Waals surface area contributed by atoms with Crippen molar-refractivity contribution in [2.24, 2.45) is 0 Å². The number of rotatable bonds is 4. The fourth-order valence-electron chi connectivity index (χ4n) is 2.57. The fraction of sp³-hybridized carbons (Fsp3) is 0.312. The molecular formula is C16H18N4OS. The third kappa shape index (κ3) is 2.39. The van der Waals surface area contributed by atoms with Crippen LogP contribution in [0.15, 0.2) is 29.6 Å². The Labute approximate surface area is 133 Å². The molecule has 5 nitrogen and oxygen atoms in total. The number of thiazole rings is 1. The number of benzene rings is 1. The highest BCUT2D eigenvalue weighted by molar-refractivity contribution is 7.14. The van der Waals surface area contributed by atoms with Gasteiger partial charge < -0.3 is 4.57 Å². The van der Waals surface area contributed by atoms with Crippen LogP contribution >= 0.6 is 11.3 Å². The molecule has 114 valence electrons. The second-order valence-corrected chi connectivity index (χ2v) is 5.78. The summed E-state index contributed by atoms with van der Waals surface area (Å²) >= 11 is 1.48. The van der Waals surface area contributed by atoms with Gasteiger partial charge >= 0.3 is 0 Å². The lowest BCUT2D eigenvalue weighted by Gasteiger charge is -2.14. The van der Waals surface area contributed by atoms with Gasteiger partial charge in [-0.05, 0) is 26.0 Å². The van der Waals surface area contributed by atoms with E-state index in [0.29, 0.717) is 6.54 Å². The van der Waals surface area contributed by atoms with E-state index in [2.05, 4.69) is 22.5 Å². The van der Waals surface area contributed by atoms with Gasteiger partial charge in [-0.1, -0.05) is 12.1 Å². The van der Waals surface area contributed by atoms with Crippen LogP contribution in [0.3, 0.4) is 0 Å². The van der Waals surface area contributed by atoms with Crippen LogP contribution in [0.1, 0.15) is 20.8 Å². The van der Waals surface area contributed by atoms with Gasteiger partial charge in [-0.15, -0.1) is 11.3 Å². The number of amides is 1. The molecule has 0 aliphatic rings. The molecule has 0 saturated carbocycles. The highest BCUT2D eigenvalue weighted by Gasteiger charge is 2.18. The van der Waals surface area contributed by atoms with Crippen LogP contribution in [0.5, 0.6) is 0 Å². The number of fused-ring (bicyclic) bond motifs is 1. The Morgan fingerprint density at radius 3 is 2.73 bits per heavy atom. The quantitative estimate of drug-likeness (QED) is 0.740. The smallest absolute Gasteiger partial charge is 0.225 e. The van der Waals surface area contributed by atoms with Crippen LogP contribution in [0.2, 0.25) is 0 Å². The molecule has 2 aromatic heterocycles. The summed E-state index contributed by atoms with van der Waals surface area (Å²) in [5.74, 6) is 0.859. The second kappa shape index (κ2) is 5.88. The molecule has 3 rings (SSSR count). The molecule has 2 heterocycles. The molecule has 0 radical (unpaired) electrons.